The molecule has 0 aromatic heterocycles. The number of likely N-dealkylation sites (tertiary alicyclic amines) is 1. The van der Waals surface area contributed by atoms with Crippen molar-refractivity contribution in [3.63, 3.8) is 0 Å². The number of aromatic hydroxyl groups is 1. The van der Waals surface area contributed by atoms with E-state index in [9.17, 15) is 14.7 Å². The highest BCUT2D eigenvalue weighted by Crippen LogP contribution is 2.24. The number of nitrogens with one attached hydrogen (secondary N) is 1. The normalized spacial score (nSPS) is 15.8. The van der Waals surface area contributed by atoms with Crippen LogP contribution in [0.5, 0.6) is 5.75 Å². The van der Waals surface area contributed by atoms with Crippen LogP contribution in [-0.2, 0) is 0 Å². The van der Waals surface area contributed by atoms with Crippen LogP contribution in [0.1, 0.15) is 36.5 Å². The first-order chi connectivity index (χ1) is 10.0. The summed E-state index contributed by atoms with van der Waals surface area (Å²) in [7, 11) is 0. The number of piperidine rings is 1. The Morgan fingerprint density at radius 1 is 1.33 bits per heavy atom. The Balaban J connectivity index is 1.97. The van der Waals surface area contributed by atoms with Crippen LogP contribution >= 0.6 is 0 Å². The van der Waals surface area contributed by atoms with Gasteiger partial charge in [-0.2, -0.15) is 0 Å². The topological polar surface area (TPSA) is 89.9 Å². The molecule has 0 atom stereocenters. The van der Waals surface area contributed by atoms with Crippen LogP contribution in [0.15, 0.2) is 18.2 Å². The summed E-state index contributed by atoms with van der Waals surface area (Å²) in [5.41, 5.74) is 0.205. The van der Waals surface area contributed by atoms with E-state index in [-0.39, 0.29) is 17.3 Å². The Morgan fingerprint density at radius 2 is 2.00 bits per heavy atom. The first kappa shape index (κ1) is 15.2. The minimum Gasteiger partial charge on any atom is -0.507 e. The number of hydrogen-bond donors (Lipinski definition) is 3. The second-order valence-corrected chi connectivity index (χ2v) is 5.31. The van der Waals surface area contributed by atoms with Gasteiger partial charge in [0.15, 0.2) is 0 Å². The molecule has 2 rings (SSSR count). The number of carbonyl (C=O) groups is 2. The number of aromatic carboxylic acids is 1. The molecule has 0 unspecified atom stereocenters. The molecular weight excluding hydrogens is 272 g/mol. The molecule has 6 heteroatoms. The molecule has 6 nitrogen and oxygen atoms in total. The van der Waals surface area contributed by atoms with Gasteiger partial charge >= 0.3 is 12.0 Å². The van der Waals surface area contributed by atoms with Crippen molar-refractivity contribution in [2.45, 2.75) is 26.2 Å². The molecule has 2 amide bonds. The van der Waals surface area contributed by atoms with Crippen LogP contribution in [0.25, 0.3) is 0 Å². The van der Waals surface area contributed by atoms with Gasteiger partial charge in [-0.1, -0.05) is 13.3 Å². The van der Waals surface area contributed by atoms with Crippen molar-refractivity contribution in [2.75, 3.05) is 18.4 Å². The molecule has 0 spiro atoms. The maximum atomic E-state index is 12.1. The molecule has 1 heterocycles. The lowest BCUT2D eigenvalue weighted by atomic mass is 9.95. The molecule has 0 saturated carbocycles. The molecule has 1 aliphatic rings. The van der Waals surface area contributed by atoms with Crippen molar-refractivity contribution in [3.8, 4) is 5.75 Å². The lowest BCUT2D eigenvalue weighted by molar-refractivity contribution is 0.0694. The number of hydrogen-bond acceptors (Lipinski definition) is 3. The quantitative estimate of drug-likeness (QED) is 0.799. The minimum atomic E-state index is -1.20. The molecule has 0 radical (unpaired) electrons. The molecule has 1 aromatic carbocycles. The van der Waals surface area contributed by atoms with E-state index in [1.165, 1.54) is 18.2 Å². The van der Waals surface area contributed by atoms with E-state index in [1.54, 1.807) is 4.90 Å². The molecule has 3 N–H and O–H groups in total. The van der Waals surface area contributed by atoms with Crippen LogP contribution in [0.3, 0.4) is 0 Å². The van der Waals surface area contributed by atoms with Gasteiger partial charge in [-0.25, -0.2) is 9.59 Å². The van der Waals surface area contributed by atoms with Gasteiger partial charge in [0.05, 0.1) is 0 Å². The second kappa shape index (κ2) is 6.47. The Bertz CT molecular complexity index is 536. The van der Waals surface area contributed by atoms with Gasteiger partial charge < -0.3 is 20.4 Å². The number of amides is 2. The number of carboxylic acid groups (broad SMARTS) is 1. The highest BCUT2D eigenvalue weighted by Gasteiger charge is 2.22. The number of nitrogens with zero attached hydrogens (tertiary/aromatic N) is 1. The zero-order valence-corrected chi connectivity index (χ0v) is 12.0. The van der Waals surface area contributed by atoms with Gasteiger partial charge in [-0.05, 0) is 30.9 Å². The van der Waals surface area contributed by atoms with Crippen LogP contribution in [0, 0.1) is 5.92 Å². The number of rotatable bonds is 3. The fourth-order valence-corrected chi connectivity index (χ4v) is 2.54. The highest BCUT2D eigenvalue weighted by molar-refractivity contribution is 5.94. The van der Waals surface area contributed by atoms with Gasteiger partial charge in [0.1, 0.15) is 11.3 Å². The number of benzene rings is 1. The summed E-state index contributed by atoms with van der Waals surface area (Å²) in [6, 6.07) is 3.78. The third-order valence-corrected chi connectivity index (χ3v) is 3.96. The van der Waals surface area contributed by atoms with Crippen molar-refractivity contribution < 1.29 is 19.8 Å². The monoisotopic (exact) mass is 292 g/mol. The predicted octanol–water partition coefficient (Wildman–Crippen LogP) is 2.74. The predicted molar refractivity (Wildman–Crippen MR) is 78.7 cm³/mol. The lowest BCUT2D eigenvalue weighted by Gasteiger charge is -2.31. The van der Waals surface area contributed by atoms with Crippen molar-refractivity contribution in [3.05, 3.63) is 23.8 Å². The molecule has 21 heavy (non-hydrogen) atoms. The van der Waals surface area contributed by atoms with Crippen molar-refractivity contribution in [1.82, 2.24) is 4.90 Å². The van der Waals surface area contributed by atoms with Crippen molar-refractivity contribution in [1.29, 1.82) is 0 Å². The fourth-order valence-electron chi connectivity index (χ4n) is 2.54. The maximum absolute atomic E-state index is 12.1. The number of phenols is 1. The summed E-state index contributed by atoms with van der Waals surface area (Å²) in [4.78, 5) is 24.7. The van der Waals surface area contributed by atoms with E-state index >= 15 is 0 Å². The van der Waals surface area contributed by atoms with E-state index in [0.717, 1.165) is 32.4 Å². The number of anilines is 1. The smallest absolute Gasteiger partial charge is 0.339 e. The van der Waals surface area contributed by atoms with Crippen molar-refractivity contribution in [2.24, 2.45) is 5.92 Å². The molecule has 1 aromatic rings. The summed E-state index contributed by atoms with van der Waals surface area (Å²) in [5.74, 6) is -0.870. The van der Waals surface area contributed by atoms with Crippen LogP contribution in [-0.4, -0.2) is 40.2 Å². The Hall–Kier alpha value is -2.24. The summed E-state index contributed by atoms with van der Waals surface area (Å²) in [6.45, 7) is 3.61. The molecule has 1 fully saturated rings. The molecule has 1 aliphatic heterocycles. The molecule has 114 valence electrons. The summed E-state index contributed by atoms with van der Waals surface area (Å²) in [5, 5.41) is 21.1. The first-order valence-electron chi connectivity index (χ1n) is 7.13. The largest absolute Gasteiger partial charge is 0.507 e. The van der Waals surface area contributed by atoms with Crippen molar-refractivity contribution >= 4 is 17.7 Å². The van der Waals surface area contributed by atoms with Gasteiger partial charge in [0.25, 0.3) is 0 Å². The van der Waals surface area contributed by atoms with Crippen LogP contribution < -0.4 is 5.32 Å². The Labute approximate surface area is 123 Å². The van der Waals surface area contributed by atoms with Gasteiger partial charge in [-0.15, -0.1) is 0 Å². The molecule has 0 bridgehead atoms. The minimum absolute atomic E-state index is 0.184. The average molecular weight is 292 g/mol. The Kier molecular flexibility index (Phi) is 4.67. The number of carboxylic acids is 1. The standard InChI is InChI=1S/C15H20N2O4/c1-2-10-5-7-17(8-6-10)15(21)16-11-3-4-12(14(19)20)13(18)9-11/h3-4,9-10,18H,2,5-8H2,1H3,(H,16,21)(H,19,20). The van der Waals surface area contributed by atoms with E-state index in [2.05, 4.69) is 12.2 Å². The second-order valence-electron chi connectivity index (χ2n) is 5.31. The average Bonchev–Trinajstić information content (AvgIpc) is 2.47. The third-order valence-electron chi connectivity index (χ3n) is 3.96. The number of carbonyl (C=O) groups excluding carboxylic acids is 1. The maximum Gasteiger partial charge on any atom is 0.339 e. The molecular formula is C15H20N2O4. The fraction of sp³-hybridized carbons (Fsp3) is 0.467. The van der Waals surface area contributed by atoms with Gasteiger partial charge in [0, 0.05) is 24.8 Å². The highest BCUT2D eigenvalue weighted by atomic mass is 16.4. The summed E-state index contributed by atoms with van der Waals surface area (Å²) in [6.07, 6.45) is 3.15. The van der Waals surface area contributed by atoms with Crippen LogP contribution in [0.2, 0.25) is 0 Å². The third kappa shape index (κ3) is 3.65. The summed E-state index contributed by atoms with van der Waals surface area (Å²) < 4.78 is 0. The van der Waals surface area contributed by atoms with Crippen LogP contribution in [0.4, 0.5) is 10.5 Å². The SMILES string of the molecule is CCC1CCN(C(=O)Nc2ccc(C(=O)O)c(O)c2)CC1. The van der Waals surface area contributed by atoms with E-state index < -0.39 is 5.97 Å². The molecule has 1 saturated heterocycles. The summed E-state index contributed by atoms with van der Waals surface area (Å²) >= 11 is 0. The zero-order chi connectivity index (χ0) is 15.4. The van der Waals surface area contributed by atoms with E-state index in [4.69, 9.17) is 5.11 Å². The lowest BCUT2D eigenvalue weighted by Crippen LogP contribution is -2.40. The first-order valence-corrected chi connectivity index (χ1v) is 7.13. The van der Waals surface area contributed by atoms with E-state index in [1.807, 2.05) is 0 Å². The van der Waals surface area contributed by atoms with Gasteiger partial charge in [-0.3, -0.25) is 0 Å². The van der Waals surface area contributed by atoms with Gasteiger partial charge in [0.2, 0.25) is 0 Å². The Morgan fingerprint density at radius 3 is 2.52 bits per heavy atom. The molecule has 0 aliphatic carbocycles. The van der Waals surface area contributed by atoms with E-state index in [0.29, 0.717) is 11.6 Å². The zero-order valence-electron chi connectivity index (χ0n) is 12.0. The number of urea groups is 1.